The summed E-state index contributed by atoms with van der Waals surface area (Å²) < 4.78 is 10.8. The summed E-state index contributed by atoms with van der Waals surface area (Å²) in [7, 11) is 0. The topological polar surface area (TPSA) is 59.5 Å². The van der Waals surface area contributed by atoms with Gasteiger partial charge in [0.25, 0.3) is 5.91 Å². The summed E-state index contributed by atoms with van der Waals surface area (Å²) in [6.07, 6.45) is 3.67. The molecule has 0 saturated carbocycles. The Morgan fingerprint density at radius 1 is 0.966 bits per heavy atom. The van der Waals surface area contributed by atoms with Crippen LogP contribution in [0.1, 0.15) is 44.4 Å². The van der Waals surface area contributed by atoms with Gasteiger partial charge < -0.3 is 13.8 Å². The smallest absolute Gasteiger partial charge is 0.257 e. The first-order chi connectivity index (χ1) is 14.3. The lowest BCUT2D eigenvalue weighted by Crippen LogP contribution is -2.35. The highest BCUT2D eigenvalue weighted by Crippen LogP contribution is 2.36. The molecule has 0 N–H and O–H groups in total. The molecule has 0 unspecified atom stereocenters. The van der Waals surface area contributed by atoms with Gasteiger partial charge in [-0.2, -0.15) is 0 Å². The van der Waals surface area contributed by atoms with E-state index >= 15 is 0 Å². The number of aromatic nitrogens is 1. The van der Waals surface area contributed by atoms with Crippen molar-refractivity contribution in [2.75, 3.05) is 6.54 Å². The summed E-state index contributed by atoms with van der Waals surface area (Å²) in [5.74, 6) is 0.787. The number of benzene rings is 2. The van der Waals surface area contributed by atoms with Gasteiger partial charge >= 0.3 is 0 Å². The minimum Gasteiger partial charge on any atom is -0.472 e. The molecular formula is C24H20N2O3. The van der Waals surface area contributed by atoms with E-state index in [1.165, 1.54) is 12.5 Å². The number of fused-ring (bicyclic) bond motifs is 1. The molecule has 4 aromatic rings. The molecule has 0 radical (unpaired) electrons. The molecule has 144 valence electrons. The van der Waals surface area contributed by atoms with Crippen LogP contribution in [0.3, 0.4) is 0 Å². The number of rotatable bonds is 4. The lowest BCUT2D eigenvalue weighted by atomic mass is 9.85. The molecule has 3 heterocycles. The number of carbonyl (C=O) groups is 1. The van der Waals surface area contributed by atoms with Gasteiger partial charge in [-0.1, -0.05) is 65.8 Å². The molecule has 2 aromatic heterocycles. The average molecular weight is 384 g/mol. The van der Waals surface area contributed by atoms with Crippen molar-refractivity contribution in [3.8, 4) is 0 Å². The molecule has 1 amide bonds. The van der Waals surface area contributed by atoms with Crippen molar-refractivity contribution in [3.63, 3.8) is 0 Å². The molecule has 0 fully saturated rings. The number of furan rings is 1. The Kier molecular flexibility index (Phi) is 4.48. The Morgan fingerprint density at radius 3 is 2.28 bits per heavy atom. The van der Waals surface area contributed by atoms with Crippen molar-refractivity contribution in [3.05, 3.63) is 113 Å². The molecule has 0 aliphatic carbocycles. The van der Waals surface area contributed by atoms with Crippen LogP contribution < -0.4 is 0 Å². The zero-order valence-corrected chi connectivity index (χ0v) is 15.8. The van der Waals surface area contributed by atoms with E-state index in [0.717, 1.165) is 28.1 Å². The molecule has 1 aliphatic heterocycles. The second-order valence-electron chi connectivity index (χ2n) is 7.21. The third kappa shape index (κ3) is 3.25. The predicted octanol–water partition coefficient (Wildman–Crippen LogP) is 4.65. The molecule has 5 nitrogen and oxygen atoms in total. The van der Waals surface area contributed by atoms with E-state index < -0.39 is 0 Å². The van der Waals surface area contributed by atoms with Gasteiger partial charge in [0.05, 0.1) is 24.3 Å². The van der Waals surface area contributed by atoms with Crippen molar-refractivity contribution in [1.29, 1.82) is 0 Å². The summed E-state index contributed by atoms with van der Waals surface area (Å²) >= 11 is 0. The molecule has 2 aromatic carbocycles. The Balaban J connectivity index is 1.55. The molecular weight excluding hydrogens is 364 g/mol. The van der Waals surface area contributed by atoms with E-state index in [2.05, 4.69) is 29.4 Å². The average Bonchev–Trinajstić information content (AvgIpc) is 3.45. The van der Waals surface area contributed by atoms with Crippen LogP contribution in [0.2, 0.25) is 0 Å². The van der Waals surface area contributed by atoms with E-state index in [4.69, 9.17) is 8.94 Å². The minimum atomic E-state index is -0.0473. The lowest BCUT2D eigenvalue weighted by molar-refractivity contribution is 0.0728. The van der Waals surface area contributed by atoms with Crippen molar-refractivity contribution in [1.82, 2.24) is 10.1 Å². The Labute approximate surface area is 168 Å². The Hall–Kier alpha value is -3.60. The largest absolute Gasteiger partial charge is 0.472 e. The van der Waals surface area contributed by atoms with E-state index in [1.807, 2.05) is 41.3 Å². The number of nitrogens with zero attached hydrogens (tertiary/aromatic N) is 2. The van der Waals surface area contributed by atoms with E-state index in [9.17, 15) is 4.79 Å². The first kappa shape index (κ1) is 17.5. The van der Waals surface area contributed by atoms with Crippen molar-refractivity contribution in [2.45, 2.75) is 18.9 Å². The highest BCUT2D eigenvalue weighted by Gasteiger charge is 2.32. The molecule has 1 aliphatic rings. The number of carbonyl (C=O) groups excluding carboxylic acids is 1. The van der Waals surface area contributed by atoms with Crippen LogP contribution in [0.5, 0.6) is 0 Å². The Bertz CT molecular complexity index is 1060. The van der Waals surface area contributed by atoms with Gasteiger partial charge in [-0.3, -0.25) is 4.79 Å². The summed E-state index contributed by atoms with van der Waals surface area (Å²) in [5, 5.41) is 4.48. The number of hydrogen-bond acceptors (Lipinski definition) is 4. The van der Waals surface area contributed by atoms with E-state index in [1.54, 1.807) is 6.07 Å². The minimum absolute atomic E-state index is 0.0347. The van der Waals surface area contributed by atoms with Gasteiger partial charge in [0.1, 0.15) is 17.7 Å². The van der Waals surface area contributed by atoms with Crippen LogP contribution in [0.15, 0.2) is 88.2 Å². The maximum atomic E-state index is 12.8. The van der Waals surface area contributed by atoms with Crippen LogP contribution >= 0.6 is 0 Å². The first-order valence-electron chi connectivity index (χ1n) is 9.70. The van der Waals surface area contributed by atoms with E-state index in [-0.39, 0.29) is 11.8 Å². The van der Waals surface area contributed by atoms with Gasteiger partial charge in [-0.05, 0) is 17.2 Å². The summed E-state index contributed by atoms with van der Waals surface area (Å²) in [6, 6.07) is 22.3. The van der Waals surface area contributed by atoms with Gasteiger partial charge in [-0.15, -0.1) is 0 Å². The molecule has 5 rings (SSSR count). The zero-order chi connectivity index (χ0) is 19.6. The van der Waals surface area contributed by atoms with Gasteiger partial charge in [0, 0.05) is 18.5 Å². The summed E-state index contributed by atoms with van der Waals surface area (Å²) in [4.78, 5) is 14.7. The first-order valence-corrected chi connectivity index (χ1v) is 9.70. The predicted molar refractivity (Wildman–Crippen MR) is 107 cm³/mol. The highest BCUT2D eigenvalue weighted by atomic mass is 16.5. The highest BCUT2D eigenvalue weighted by molar-refractivity contribution is 5.93. The lowest BCUT2D eigenvalue weighted by Gasteiger charge is -2.27. The number of amides is 1. The molecule has 0 bridgehead atoms. The van der Waals surface area contributed by atoms with Crippen molar-refractivity contribution >= 4 is 5.91 Å². The Morgan fingerprint density at radius 2 is 1.66 bits per heavy atom. The van der Waals surface area contributed by atoms with Crippen molar-refractivity contribution in [2.24, 2.45) is 0 Å². The van der Waals surface area contributed by atoms with E-state index in [0.29, 0.717) is 25.1 Å². The van der Waals surface area contributed by atoms with Crippen LogP contribution in [-0.4, -0.2) is 22.5 Å². The maximum absolute atomic E-state index is 12.8. The third-order valence-corrected chi connectivity index (χ3v) is 5.45. The van der Waals surface area contributed by atoms with Crippen LogP contribution in [-0.2, 0) is 13.0 Å². The quantitative estimate of drug-likeness (QED) is 0.514. The second kappa shape index (κ2) is 7.43. The van der Waals surface area contributed by atoms with Gasteiger partial charge in [0.2, 0.25) is 0 Å². The molecule has 5 heteroatoms. The fraction of sp³-hybridized carbons (Fsp3) is 0.167. The van der Waals surface area contributed by atoms with Crippen LogP contribution in [0.4, 0.5) is 0 Å². The van der Waals surface area contributed by atoms with Gasteiger partial charge in [0.15, 0.2) is 0 Å². The number of hydrogen-bond donors (Lipinski definition) is 0. The third-order valence-electron chi connectivity index (χ3n) is 5.45. The molecule has 29 heavy (non-hydrogen) atoms. The molecule has 0 spiro atoms. The molecule has 0 saturated heterocycles. The monoisotopic (exact) mass is 384 g/mol. The van der Waals surface area contributed by atoms with Crippen LogP contribution in [0.25, 0.3) is 0 Å². The van der Waals surface area contributed by atoms with Crippen molar-refractivity contribution < 1.29 is 13.7 Å². The second-order valence-corrected chi connectivity index (χ2v) is 7.21. The SMILES string of the molecule is O=C(c1ccoc1)N1CCc2onc(C(c3ccccc3)c3ccccc3)c2C1. The summed E-state index contributed by atoms with van der Waals surface area (Å²) in [6.45, 7) is 1.08. The van der Waals surface area contributed by atoms with Gasteiger partial charge in [-0.25, -0.2) is 0 Å². The normalized spacial score (nSPS) is 13.5. The maximum Gasteiger partial charge on any atom is 0.257 e. The standard InChI is InChI=1S/C24H20N2O3/c27-24(19-12-14-28-16-19)26-13-11-21-20(15-26)23(25-29-21)22(17-7-3-1-4-8-17)18-9-5-2-6-10-18/h1-10,12,14,16,22H,11,13,15H2. The fourth-order valence-electron chi connectivity index (χ4n) is 4.00. The molecule has 0 atom stereocenters. The fourth-order valence-corrected chi connectivity index (χ4v) is 4.00. The van der Waals surface area contributed by atoms with Crippen LogP contribution in [0, 0.1) is 0 Å². The zero-order valence-electron chi connectivity index (χ0n) is 15.8. The summed E-state index contributed by atoms with van der Waals surface area (Å²) in [5.41, 5.74) is 4.74.